The van der Waals surface area contributed by atoms with Gasteiger partial charge in [-0.25, -0.2) is 0 Å². The summed E-state index contributed by atoms with van der Waals surface area (Å²) in [6.07, 6.45) is 0. The first-order valence-electron chi connectivity index (χ1n) is 6.71. The molecule has 3 aromatic rings. The van der Waals surface area contributed by atoms with Gasteiger partial charge in [-0.1, -0.05) is 91.0 Å². The zero-order chi connectivity index (χ0) is 13.8. The van der Waals surface area contributed by atoms with Gasteiger partial charge in [0.05, 0.1) is 0 Å². The molecule has 0 fully saturated rings. The van der Waals surface area contributed by atoms with Crippen LogP contribution in [0.4, 0.5) is 0 Å². The van der Waals surface area contributed by atoms with E-state index in [1.54, 1.807) is 0 Å². The molecule has 0 radical (unpaired) electrons. The molecule has 0 aliphatic heterocycles. The summed E-state index contributed by atoms with van der Waals surface area (Å²) in [6, 6.07) is 30.0. The third-order valence-corrected chi connectivity index (χ3v) is 7.08. The Morgan fingerprint density at radius 3 is 0.952 bits per heavy atom. The summed E-state index contributed by atoms with van der Waals surface area (Å²) < 4.78 is 0. The van der Waals surface area contributed by atoms with Gasteiger partial charge in [0.15, 0.2) is 0 Å². The molecule has 3 heteroatoms. The molecule has 0 saturated carbocycles. The number of hydrogen-bond acceptors (Lipinski definition) is 1. The van der Waals surface area contributed by atoms with Crippen molar-refractivity contribution >= 4 is 23.9 Å². The Balaban J connectivity index is 0.00000161. The quantitative estimate of drug-likeness (QED) is 0.551. The molecule has 102 valence electrons. The van der Waals surface area contributed by atoms with E-state index in [0.717, 1.165) is 15.6 Å². The molecule has 21 heavy (non-hydrogen) atoms. The van der Waals surface area contributed by atoms with E-state index in [0.29, 0.717) is 0 Å². The minimum Gasteiger partial charge on any atom is -0.421 e. The summed E-state index contributed by atoms with van der Waals surface area (Å²) in [5.74, 6) is 0. The van der Waals surface area contributed by atoms with Crippen molar-refractivity contribution in [3.8, 4) is 0 Å². The summed E-state index contributed by atoms with van der Waals surface area (Å²) >= 11 is 0. The van der Waals surface area contributed by atoms with Gasteiger partial charge in [-0.3, -0.25) is 0 Å². The van der Waals surface area contributed by atoms with Crippen molar-refractivity contribution in [3.63, 3.8) is 0 Å². The second kappa shape index (κ2) is 7.13. The SMILES string of the molecule is O[Si](c1ccccc1)(c1ccccc1)c1ccccc1.[Zr]. The van der Waals surface area contributed by atoms with Crippen molar-refractivity contribution < 1.29 is 31.0 Å². The van der Waals surface area contributed by atoms with Crippen LogP contribution >= 0.6 is 0 Å². The van der Waals surface area contributed by atoms with Gasteiger partial charge in [-0.15, -0.1) is 0 Å². The summed E-state index contributed by atoms with van der Waals surface area (Å²) in [4.78, 5) is 11.6. The van der Waals surface area contributed by atoms with E-state index < -0.39 is 8.32 Å². The maximum Gasteiger partial charge on any atom is 0.285 e. The largest absolute Gasteiger partial charge is 0.421 e. The van der Waals surface area contributed by atoms with Crippen molar-refractivity contribution in [1.29, 1.82) is 0 Å². The third-order valence-electron chi connectivity index (χ3n) is 3.57. The van der Waals surface area contributed by atoms with Crippen molar-refractivity contribution in [2.24, 2.45) is 0 Å². The monoisotopic (exact) mass is 366 g/mol. The predicted molar refractivity (Wildman–Crippen MR) is 86.2 cm³/mol. The molecule has 3 aromatic carbocycles. The average molecular weight is 368 g/mol. The molecule has 3 rings (SSSR count). The van der Waals surface area contributed by atoms with E-state index in [1.807, 2.05) is 91.0 Å². The fourth-order valence-corrected chi connectivity index (χ4v) is 5.56. The Hall–Kier alpha value is -1.28. The van der Waals surface area contributed by atoms with E-state index in [9.17, 15) is 4.80 Å². The Labute approximate surface area is 145 Å². The van der Waals surface area contributed by atoms with E-state index in [-0.39, 0.29) is 26.2 Å². The van der Waals surface area contributed by atoms with E-state index in [2.05, 4.69) is 0 Å². The summed E-state index contributed by atoms with van der Waals surface area (Å²) in [5, 5.41) is 3.03. The van der Waals surface area contributed by atoms with Crippen LogP contribution in [0.3, 0.4) is 0 Å². The topological polar surface area (TPSA) is 20.2 Å². The van der Waals surface area contributed by atoms with Crippen molar-refractivity contribution in [2.45, 2.75) is 0 Å². The van der Waals surface area contributed by atoms with Crippen LogP contribution in [-0.2, 0) is 26.2 Å². The first-order chi connectivity index (χ1) is 9.82. The Morgan fingerprint density at radius 1 is 0.476 bits per heavy atom. The summed E-state index contributed by atoms with van der Waals surface area (Å²) in [6.45, 7) is 0. The second-order valence-corrected chi connectivity index (χ2v) is 7.96. The average Bonchev–Trinajstić information content (AvgIpc) is 2.56. The summed E-state index contributed by atoms with van der Waals surface area (Å²) in [7, 11) is -2.88. The van der Waals surface area contributed by atoms with Gasteiger partial charge in [0.1, 0.15) is 0 Å². The molecule has 0 bridgehead atoms. The normalized spacial score (nSPS) is 10.7. The molecule has 0 aromatic heterocycles. The van der Waals surface area contributed by atoms with Gasteiger partial charge in [-0.05, 0) is 15.6 Å². The number of benzene rings is 3. The van der Waals surface area contributed by atoms with Crippen molar-refractivity contribution in [2.75, 3.05) is 0 Å². The minimum atomic E-state index is -2.88. The van der Waals surface area contributed by atoms with Crippen LogP contribution in [0.25, 0.3) is 0 Å². The third kappa shape index (κ3) is 3.16. The Bertz CT molecular complexity index is 575. The molecule has 1 nitrogen and oxygen atoms in total. The molecule has 0 amide bonds. The van der Waals surface area contributed by atoms with Crippen LogP contribution in [0.2, 0.25) is 0 Å². The van der Waals surface area contributed by atoms with Crippen molar-refractivity contribution in [3.05, 3.63) is 91.0 Å². The van der Waals surface area contributed by atoms with Crippen LogP contribution in [0.5, 0.6) is 0 Å². The molecule has 0 aliphatic rings. The fraction of sp³-hybridized carbons (Fsp3) is 0. The van der Waals surface area contributed by atoms with Gasteiger partial charge >= 0.3 is 0 Å². The Morgan fingerprint density at radius 2 is 0.714 bits per heavy atom. The molecule has 0 heterocycles. The first kappa shape index (κ1) is 16.1. The smallest absolute Gasteiger partial charge is 0.285 e. The molecule has 1 N–H and O–H groups in total. The maximum absolute atomic E-state index is 11.6. The van der Waals surface area contributed by atoms with Gasteiger partial charge in [0.2, 0.25) is 0 Å². The zero-order valence-corrected chi connectivity index (χ0v) is 15.1. The van der Waals surface area contributed by atoms with E-state index >= 15 is 0 Å². The van der Waals surface area contributed by atoms with Crippen LogP contribution < -0.4 is 15.6 Å². The molecule has 0 saturated heterocycles. The standard InChI is InChI=1S/C18H16OSi.Zr/c19-20(16-10-4-1-5-11-16,17-12-6-2-7-13-17)18-14-8-3-9-15-18;/h1-15,19H;. The molecular weight excluding hydrogens is 352 g/mol. The minimum absolute atomic E-state index is 0. The van der Waals surface area contributed by atoms with Crippen molar-refractivity contribution in [1.82, 2.24) is 0 Å². The van der Waals surface area contributed by atoms with Gasteiger partial charge in [-0.2, -0.15) is 0 Å². The van der Waals surface area contributed by atoms with Gasteiger partial charge in [0.25, 0.3) is 8.32 Å². The molecular formula is C18H16OSiZr. The molecule has 0 spiro atoms. The molecule has 0 atom stereocenters. The van der Waals surface area contributed by atoms with Crippen LogP contribution in [-0.4, -0.2) is 13.1 Å². The number of rotatable bonds is 3. The molecule has 0 unspecified atom stereocenters. The van der Waals surface area contributed by atoms with Gasteiger partial charge in [0, 0.05) is 26.2 Å². The zero-order valence-electron chi connectivity index (χ0n) is 11.6. The second-order valence-electron chi connectivity index (χ2n) is 4.81. The number of hydrogen-bond donors (Lipinski definition) is 1. The predicted octanol–water partition coefficient (Wildman–Crippen LogP) is 1.64. The van der Waals surface area contributed by atoms with Crippen LogP contribution in [0.15, 0.2) is 91.0 Å². The maximum atomic E-state index is 11.6. The van der Waals surface area contributed by atoms with Crippen LogP contribution in [0.1, 0.15) is 0 Å². The van der Waals surface area contributed by atoms with E-state index in [4.69, 9.17) is 0 Å². The van der Waals surface area contributed by atoms with Crippen LogP contribution in [0, 0.1) is 0 Å². The summed E-state index contributed by atoms with van der Waals surface area (Å²) in [5.41, 5.74) is 0. The molecule has 0 aliphatic carbocycles. The van der Waals surface area contributed by atoms with E-state index in [1.165, 1.54) is 0 Å². The van der Waals surface area contributed by atoms with Gasteiger partial charge < -0.3 is 4.80 Å². The fourth-order valence-electron chi connectivity index (χ4n) is 2.54. The first-order valence-corrected chi connectivity index (χ1v) is 8.65. The Kier molecular flexibility index (Phi) is 5.46.